The fraction of sp³-hybridized carbons (Fsp3) is 0.857. The molecule has 0 bridgehead atoms. The second-order valence-corrected chi connectivity index (χ2v) is 2.69. The number of rotatable bonds is 3. The number of aliphatic hydroxyl groups is 1. The third-order valence-corrected chi connectivity index (χ3v) is 1.77. The summed E-state index contributed by atoms with van der Waals surface area (Å²) < 4.78 is 4.40. The van der Waals surface area contributed by atoms with Gasteiger partial charge in [0.25, 0.3) is 0 Å². The van der Waals surface area contributed by atoms with Gasteiger partial charge in [-0.2, -0.15) is 0 Å². The molecule has 1 aliphatic rings. The van der Waals surface area contributed by atoms with E-state index in [4.69, 9.17) is 0 Å². The molecule has 0 aromatic heterocycles. The highest BCUT2D eigenvalue weighted by Gasteiger charge is 2.31. The van der Waals surface area contributed by atoms with E-state index in [1.807, 2.05) is 0 Å². The minimum Gasteiger partial charge on any atom is -0.469 e. The summed E-state index contributed by atoms with van der Waals surface area (Å²) in [5.41, 5.74) is 0. The van der Waals surface area contributed by atoms with Crippen LogP contribution < -0.4 is 0 Å². The smallest absolute Gasteiger partial charge is 0.308 e. The topological polar surface area (TPSA) is 46.5 Å². The summed E-state index contributed by atoms with van der Waals surface area (Å²) >= 11 is 0. The molecule has 0 amide bonds. The molecule has 1 fully saturated rings. The van der Waals surface area contributed by atoms with E-state index in [1.54, 1.807) is 0 Å². The van der Waals surface area contributed by atoms with Gasteiger partial charge in [0, 0.05) is 0 Å². The van der Waals surface area contributed by atoms with E-state index in [2.05, 4.69) is 4.74 Å². The number of hydrogen-bond acceptors (Lipinski definition) is 3. The van der Waals surface area contributed by atoms with Gasteiger partial charge in [-0.15, -0.1) is 0 Å². The summed E-state index contributed by atoms with van der Waals surface area (Å²) in [5, 5.41) is 9.19. The Kier molecular flexibility index (Phi) is 2.27. The minimum absolute atomic E-state index is 0.154. The molecule has 3 nitrogen and oxygen atoms in total. The summed E-state index contributed by atoms with van der Waals surface area (Å²) in [4.78, 5) is 10.6. The average Bonchev–Trinajstić information content (AvgIpc) is 2.68. The van der Waals surface area contributed by atoms with Crippen LogP contribution in [0.25, 0.3) is 0 Å². The molecule has 0 aliphatic heterocycles. The SMILES string of the molecule is COC(=O)C[C@H](O)C1CC1. The van der Waals surface area contributed by atoms with Crippen LogP contribution >= 0.6 is 0 Å². The van der Waals surface area contributed by atoms with Gasteiger partial charge in [-0.05, 0) is 18.8 Å². The third-order valence-electron chi connectivity index (χ3n) is 1.77. The van der Waals surface area contributed by atoms with Crippen LogP contribution in [-0.4, -0.2) is 24.3 Å². The quantitative estimate of drug-likeness (QED) is 0.580. The molecule has 3 heteroatoms. The van der Waals surface area contributed by atoms with Crippen LogP contribution in [0.4, 0.5) is 0 Å². The highest BCUT2D eigenvalue weighted by atomic mass is 16.5. The molecule has 1 atom stereocenters. The monoisotopic (exact) mass is 144 g/mol. The Bertz CT molecular complexity index is 129. The zero-order valence-corrected chi connectivity index (χ0v) is 6.04. The number of methoxy groups -OCH3 is 1. The van der Waals surface area contributed by atoms with E-state index in [0.717, 1.165) is 12.8 Å². The van der Waals surface area contributed by atoms with Crippen molar-refractivity contribution in [3.05, 3.63) is 0 Å². The Balaban J connectivity index is 2.16. The molecular weight excluding hydrogens is 132 g/mol. The maximum Gasteiger partial charge on any atom is 0.308 e. The maximum absolute atomic E-state index is 10.6. The first-order valence-corrected chi connectivity index (χ1v) is 3.49. The molecule has 0 radical (unpaired) electrons. The molecule has 0 aromatic rings. The van der Waals surface area contributed by atoms with Gasteiger partial charge in [-0.3, -0.25) is 4.79 Å². The van der Waals surface area contributed by atoms with Crippen molar-refractivity contribution in [1.29, 1.82) is 0 Å². The molecule has 0 saturated heterocycles. The van der Waals surface area contributed by atoms with Crippen molar-refractivity contribution in [3.8, 4) is 0 Å². The van der Waals surface area contributed by atoms with Crippen molar-refractivity contribution in [1.82, 2.24) is 0 Å². The number of hydrogen-bond donors (Lipinski definition) is 1. The molecule has 1 N–H and O–H groups in total. The molecule has 1 aliphatic carbocycles. The molecular formula is C7H12O3. The van der Waals surface area contributed by atoms with E-state index in [9.17, 15) is 9.90 Å². The van der Waals surface area contributed by atoms with Gasteiger partial charge >= 0.3 is 5.97 Å². The van der Waals surface area contributed by atoms with Crippen molar-refractivity contribution >= 4 is 5.97 Å². The first kappa shape index (κ1) is 7.54. The van der Waals surface area contributed by atoms with Crippen LogP contribution in [0, 0.1) is 5.92 Å². The first-order chi connectivity index (χ1) is 4.74. The summed E-state index contributed by atoms with van der Waals surface area (Å²) in [5.74, 6) is 0.0403. The van der Waals surface area contributed by atoms with Crippen LogP contribution in [-0.2, 0) is 9.53 Å². The van der Waals surface area contributed by atoms with Crippen molar-refractivity contribution < 1.29 is 14.6 Å². The zero-order chi connectivity index (χ0) is 7.56. The van der Waals surface area contributed by atoms with Crippen LogP contribution in [0.3, 0.4) is 0 Å². The van der Waals surface area contributed by atoms with Gasteiger partial charge in [0.1, 0.15) is 0 Å². The molecule has 0 unspecified atom stereocenters. The maximum atomic E-state index is 10.6. The molecule has 0 aromatic carbocycles. The standard InChI is InChI=1S/C7H12O3/c1-10-7(9)4-6(8)5-2-3-5/h5-6,8H,2-4H2,1H3/t6-/m0/s1. The van der Waals surface area contributed by atoms with Gasteiger partial charge in [-0.1, -0.05) is 0 Å². The zero-order valence-electron chi connectivity index (χ0n) is 6.04. The number of carbonyl (C=O) groups is 1. The van der Waals surface area contributed by atoms with E-state index >= 15 is 0 Å². The minimum atomic E-state index is -0.465. The third kappa shape index (κ3) is 1.99. The van der Waals surface area contributed by atoms with E-state index in [1.165, 1.54) is 7.11 Å². The molecule has 0 heterocycles. The lowest BCUT2D eigenvalue weighted by atomic mass is 10.2. The fourth-order valence-corrected chi connectivity index (χ4v) is 0.902. The Labute approximate surface area is 60.0 Å². The Morgan fingerprint density at radius 3 is 2.80 bits per heavy atom. The highest BCUT2D eigenvalue weighted by molar-refractivity contribution is 5.69. The molecule has 1 rings (SSSR count). The second-order valence-electron chi connectivity index (χ2n) is 2.69. The summed E-state index contributed by atoms with van der Waals surface area (Å²) in [6.07, 6.45) is 1.80. The predicted octanol–water partition coefficient (Wildman–Crippen LogP) is 0.320. The van der Waals surface area contributed by atoms with Gasteiger partial charge in [0.15, 0.2) is 0 Å². The van der Waals surface area contributed by atoms with Crippen molar-refractivity contribution in [3.63, 3.8) is 0 Å². The van der Waals surface area contributed by atoms with E-state index < -0.39 is 6.10 Å². The van der Waals surface area contributed by atoms with Crippen molar-refractivity contribution in [2.45, 2.75) is 25.4 Å². The lowest BCUT2D eigenvalue weighted by Crippen LogP contribution is -2.16. The van der Waals surface area contributed by atoms with Crippen LogP contribution in [0.5, 0.6) is 0 Å². The molecule has 58 valence electrons. The summed E-state index contributed by atoms with van der Waals surface area (Å²) in [7, 11) is 1.34. The van der Waals surface area contributed by atoms with Crippen LogP contribution in [0.1, 0.15) is 19.3 Å². The molecule has 0 spiro atoms. The van der Waals surface area contributed by atoms with E-state index in [0.29, 0.717) is 5.92 Å². The van der Waals surface area contributed by atoms with Gasteiger partial charge in [0.05, 0.1) is 19.6 Å². The lowest BCUT2D eigenvalue weighted by molar-refractivity contribution is -0.143. The largest absolute Gasteiger partial charge is 0.469 e. The van der Waals surface area contributed by atoms with Gasteiger partial charge in [0.2, 0.25) is 0 Å². The summed E-state index contributed by atoms with van der Waals surface area (Å²) in [6, 6.07) is 0. The Morgan fingerprint density at radius 1 is 1.80 bits per heavy atom. The van der Waals surface area contributed by atoms with E-state index in [-0.39, 0.29) is 12.4 Å². The average molecular weight is 144 g/mol. The Hall–Kier alpha value is -0.570. The Morgan fingerprint density at radius 2 is 2.40 bits per heavy atom. The number of ether oxygens (including phenoxy) is 1. The fourth-order valence-electron chi connectivity index (χ4n) is 0.902. The number of carbonyl (C=O) groups excluding carboxylic acids is 1. The first-order valence-electron chi connectivity index (χ1n) is 3.49. The number of esters is 1. The normalized spacial score (nSPS) is 20.2. The predicted molar refractivity (Wildman–Crippen MR) is 35.4 cm³/mol. The number of aliphatic hydroxyl groups excluding tert-OH is 1. The van der Waals surface area contributed by atoms with Gasteiger partial charge in [-0.25, -0.2) is 0 Å². The highest BCUT2D eigenvalue weighted by Crippen LogP contribution is 2.33. The van der Waals surface area contributed by atoms with Crippen molar-refractivity contribution in [2.75, 3.05) is 7.11 Å². The summed E-state index contributed by atoms with van der Waals surface area (Å²) in [6.45, 7) is 0. The van der Waals surface area contributed by atoms with Crippen molar-refractivity contribution in [2.24, 2.45) is 5.92 Å². The van der Waals surface area contributed by atoms with Crippen LogP contribution in [0.15, 0.2) is 0 Å². The molecule has 10 heavy (non-hydrogen) atoms. The van der Waals surface area contributed by atoms with Gasteiger partial charge < -0.3 is 9.84 Å². The van der Waals surface area contributed by atoms with Crippen LogP contribution in [0.2, 0.25) is 0 Å². The second kappa shape index (κ2) is 3.01. The molecule has 1 saturated carbocycles. The lowest BCUT2D eigenvalue weighted by Gasteiger charge is -2.05.